The van der Waals surface area contributed by atoms with Gasteiger partial charge in [0.1, 0.15) is 12.2 Å². The van der Waals surface area contributed by atoms with Crippen LogP contribution >= 0.6 is 11.3 Å². The Morgan fingerprint density at radius 3 is 3.00 bits per heavy atom. The molecule has 2 N–H and O–H groups in total. The van der Waals surface area contributed by atoms with Crippen molar-refractivity contribution < 1.29 is 0 Å². The van der Waals surface area contributed by atoms with Gasteiger partial charge in [-0.15, -0.1) is 11.3 Å². The number of aromatic amines is 1. The number of aryl methyl sites for hydroxylation is 1. The zero-order valence-corrected chi connectivity index (χ0v) is 9.51. The smallest absolute Gasteiger partial charge is 0.141 e. The highest BCUT2D eigenvalue weighted by Gasteiger charge is 2.14. The molecule has 0 spiro atoms. The lowest BCUT2D eigenvalue weighted by atomic mass is 10.2. The van der Waals surface area contributed by atoms with Crippen molar-refractivity contribution in [3.05, 3.63) is 28.2 Å². The predicted molar refractivity (Wildman–Crippen MR) is 58.7 cm³/mol. The first-order valence-corrected chi connectivity index (χ1v) is 5.61. The van der Waals surface area contributed by atoms with Crippen LogP contribution in [0.5, 0.6) is 0 Å². The Balaban J connectivity index is 2.09. The van der Waals surface area contributed by atoms with Crippen molar-refractivity contribution in [2.75, 3.05) is 7.05 Å². The monoisotopic (exact) mass is 223 g/mol. The zero-order valence-electron chi connectivity index (χ0n) is 8.69. The Hall–Kier alpha value is -1.27. The summed E-state index contributed by atoms with van der Waals surface area (Å²) in [6.45, 7) is 2.00. The molecule has 0 aliphatic carbocycles. The van der Waals surface area contributed by atoms with E-state index in [1.165, 1.54) is 6.33 Å². The SMILES string of the molecule is CNC(Cc1nc(C)cs1)c1ncn[nH]1. The van der Waals surface area contributed by atoms with Crippen molar-refractivity contribution in [3.8, 4) is 0 Å². The minimum Gasteiger partial charge on any atom is -0.310 e. The molecule has 2 aromatic rings. The van der Waals surface area contributed by atoms with E-state index < -0.39 is 0 Å². The normalized spacial score (nSPS) is 12.9. The third-order valence-corrected chi connectivity index (χ3v) is 3.15. The molecule has 0 radical (unpaired) electrons. The zero-order chi connectivity index (χ0) is 10.7. The summed E-state index contributed by atoms with van der Waals surface area (Å²) in [4.78, 5) is 8.56. The molecule has 0 fully saturated rings. The van der Waals surface area contributed by atoms with Gasteiger partial charge in [-0.2, -0.15) is 5.10 Å². The molecule has 1 unspecified atom stereocenters. The number of aromatic nitrogens is 4. The summed E-state index contributed by atoms with van der Waals surface area (Å²) in [6.07, 6.45) is 2.36. The Bertz CT molecular complexity index is 408. The number of hydrogen-bond donors (Lipinski definition) is 2. The fourth-order valence-electron chi connectivity index (χ4n) is 1.39. The second-order valence-electron chi connectivity index (χ2n) is 3.30. The van der Waals surface area contributed by atoms with Crippen LogP contribution in [0.15, 0.2) is 11.7 Å². The third-order valence-electron chi connectivity index (χ3n) is 2.16. The van der Waals surface area contributed by atoms with E-state index >= 15 is 0 Å². The Morgan fingerprint density at radius 1 is 1.60 bits per heavy atom. The molecule has 0 amide bonds. The number of thiazole rings is 1. The largest absolute Gasteiger partial charge is 0.310 e. The maximum absolute atomic E-state index is 4.42. The summed E-state index contributed by atoms with van der Waals surface area (Å²) in [5.41, 5.74) is 1.07. The highest BCUT2D eigenvalue weighted by Crippen LogP contribution is 2.17. The summed E-state index contributed by atoms with van der Waals surface area (Å²) in [7, 11) is 1.91. The van der Waals surface area contributed by atoms with E-state index in [1.54, 1.807) is 11.3 Å². The van der Waals surface area contributed by atoms with Crippen LogP contribution in [0.25, 0.3) is 0 Å². The van der Waals surface area contributed by atoms with Crippen LogP contribution in [0, 0.1) is 6.92 Å². The van der Waals surface area contributed by atoms with Gasteiger partial charge in [-0.05, 0) is 14.0 Å². The molecule has 2 rings (SSSR count). The van der Waals surface area contributed by atoms with E-state index in [-0.39, 0.29) is 6.04 Å². The van der Waals surface area contributed by atoms with E-state index in [2.05, 4.69) is 30.9 Å². The van der Waals surface area contributed by atoms with Crippen LogP contribution in [0.2, 0.25) is 0 Å². The summed E-state index contributed by atoms with van der Waals surface area (Å²) in [5.74, 6) is 0.852. The highest BCUT2D eigenvalue weighted by atomic mass is 32.1. The molecule has 80 valence electrons. The lowest BCUT2D eigenvalue weighted by Crippen LogP contribution is -2.20. The standard InChI is InChI=1S/C9H13N5S/c1-6-4-15-8(13-6)3-7(10-2)9-11-5-12-14-9/h4-5,7,10H,3H2,1-2H3,(H,11,12,14). The van der Waals surface area contributed by atoms with Gasteiger partial charge >= 0.3 is 0 Å². The maximum atomic E-state index is 4.42. The predicted octanol–water partition coefficient (Wildman–Crippen LogP) is 1.07. The molecule has 0 saturated carbocycles. The molecule has 5 nitrogen and oxygen atoms in total. The van der Waals surface area contributed by atoms with Gasteiger partial charge in [-0.25, -0.2) is 9.97 Å². The van der Waals surface area contributed by atoms with Crippen LogP contribution in [-0.2, 0) is 6.42 Å². The first-order chi connectivity index (χ1) is 7.29. The van der Waals surface area contributed by atoms with Gasteiger partial charge in [0.05, 0.1) is 11.0 Å². The van der Waals surface area contributed by atoms with Crippen LogP contribution in [0.1, 0.15) is 22.6 Å². The number of nitrogens with zero attached hydrogens (tertiary/aromatic N) is 3. The molecule has 2 aromatic heterocycles. The second kappa shape index (κ2) is 4.50. The van der Waals surface area contributed by atoms with Gasteiger partial charge < -0.3 is 5.32 Å². The lowest BCUT2D eigenvalue weighted by Gasteiger charge is -2.10. The number of likely N-dealkylation sites (N-methyl/N-ethyl adjacent to an activating group) is 1. The van der Waals surface area contributed by atoms with Gasteiger partial charge in [0, 0.05) is 17.5 Å². The summed E-state index contributed by atoms with van der Waals surface area (Å²) in [6, 6.07) is 0.151. The molecule has 15 heavy (non-hydrogen) atoms. The number of hydrogen-bond acceptors (Lipinski definition) is 5. The molecule has 0 bridgehead atoms. The van der Waals surface area contributed by atoms with Gasteiger partial charge in [0.2, 0.25) is 0 Å². The van der Waals surface area contributed by atoms with Crippen molar-refractivity contribution in [3.63, 3.8) is 0 Å². The molecule has 0 aromatic carbocycles. The fraction of sp³-hybridized carbons (Fsp3) is 0.444. The fourth-order valence-corrected chi connectivity index (χ4v) is 2.21. The minimum atomic E-state index is 0.151. The van der Waals surface area contributed by atoms with E-state index in [4.69, 9.17) is 0 Å². The second-order valence-corrected chi connectivity index (χ2v) is 4.24. The molecule has 2 heterocycles. The van der Waals surface area contributed by atoms with Gasteiger partial charge in [-0.3, -0.25) is 5.10 Å². The van der Waals surface area contributed by atoms with Gasteiger partial charge in [0.15, 0.2) is 0 Å². The lowest BCUT2D eigenvalue weighted by molar-refractivity contribution is 0.558. The van der Waals surface area contributed by atoms with E-state index in [9.17, 15) is 0 Å². The van der Waals surface area contributed by atoms with E-state index in [0.29, 0.717) is 0 Å². The summed E-state index contributed by atoms with van der Waals surface area (Å²) < 4.78 is 0. The molecule has 6 heteroatoms. The summed E-state index contributed by atoms with van der Waals surface area (Å²) in [5, 5.41) is 13.1. The average molecular weight is 223 g/mol. The first kappa shape index (κ1) is 10.3. The maximum Gasteiger partial charge on any atom is 0.141 e. The molecule has 0 saturated heterocycles. The van der Waals surface area contributed by atoms with Gasteiger partial charge in [0.25, 0.3) is 0 Å². The number of nitrogens with one attached hydrogen (secondary N) is 2. The summed E-state index contributed by atoms with van der Waals surface area (Å²) >= 11 is 1.68. The van der Waals surface area contributed by atoms with Crippen LogP contribution in [0.3, 0.4) is 0 Å². The van der Waals surface area contributed by atoms with Crippen molar-refractivity contribution in [1.82, 2.24) is 25.5 Å². The molecular formula is C9H13N5S. The van der Waals surface area contributed by atoms with E-state index in [0.717, 1.165) is 22.9 Å². The highest BCUT2D eigenvalue weighted by molar-refractivity contribution is 7.09. The van der Waals surface area contributed by atoms with E-state index in [1.807, 2.05) is 14.0 Å². The topological polar surface area (TPSA) is 66.5 Å². The van der Waals surface area contributed by atoms with Crippen LogP contribution in [0.4, 0.5) is 0 Å². The van der Waals surface area contributed by atoms with Crippen molar-refractivity contribution in [2.45, 2.75) is 19.4 Å². The third kappa shape index (κ3) is 2.40. The quantitative estimate of drug-likeness (QED) is 0.813. The Labute approximate surface area is 92.0 Å². The van der Waals surface area contributed by atoms with Crippen molar-refractivity contribution in [2.24, 2.45) is 0 Å². The van der Waals surface area contributed by atoms with Gasteiger partial charge in [-0.1, -0.05) is 0 Å². The molecule has 0 aliphatic rings. The Morgan fingerprint density at radius 2 is 2.47 bits per heavy atom. The average Bonchev–Trinajstić information content (AvgIpc) is 2.85. The molecule has 0 aliphatic heterocycles. The number of H-pyrrole nitrogens is 1. The Kier molecular flexibility index (Phi) is 3.08. The van der Waals surface area contributed by atoms with Crippen molar-refractivity contribution in [1.29, 1.82) is 0 Å². The van der Waals surface area contributed by atoms with Crippen LogP contribution in [-0.4, -0.2) is 27.2 Å². The minimum absolute atomic E-state index is 0.151. The molecule has 1 atom stereocenters. The molecular weight excluding hydrogens is 210 g/mol. The number of rotatable bonds is 4. The first-order valence-electron chi connectivity index (χ1n) is 4.73. The van der Waals surface area contributed by atoms with Crippen molar-refractivity contribution >= 4 is 11.3 Å². The van der Waals surface area contributed by atoms with Crippen LogP contribution < -0.4 is 5.32 Å².